The highest BCUT2D eigenvalue weighted by molar-refractivity contribution is 6.02. The molecule has 0 amide bonds. The fourth-order valence-corrected chi connectivity index (χ4v) is 2.54. The number of carbonyl (C=O) groups is 1. The molecule has 0 spiro atoms. The lowest BCUT2D eigenvalue weighted by Crippen LogP contribution is -2.35. The maximum atomic E-state index is 12.3. The van der Waals surface area contributed by atoms with Gasteiger partial charge in [0.2, 0.25) is 0 Å². The lowest BCUT2D eigenvalue weighted by Gasteiger charge is -2.20. The van der Waals surface area contributed by atoms with E-state index in [0.717, 1.165) is 12.8 Å². The third-order valence-electron chi connectivity index (χ3n) is 3.70. The van der Waals surface area contributed by atoms with Gasteiger partial charge in [0.05, 0.1) is 19.8 Å². The molecule has 1 fully saturated rings. The second-order valence-electron chi connectivity index (χ2n) is 5.28. The van der Waals surface area contributed by atoms with E-state index in [0.29, 0.717) is 44.0 Å². The van der Waals surface area contributed by atoms with Crippen molar-refractivity contribution in [2.75, 3.05) is 26.4 Å². The third-order valence-corrected chi connectivity index (χ3v) is 3.70. The predicted molar refractivity (Wildman–Crippen MR) is 77.6 cm³/mol. The number of rotatable bonds is 8. The van der Waals surface area contributed by atoms with Crippen LogP contribution in [0.15, 0.2) is 24.3 Å². The minimum absolute atomic E-state index is 0.000279. The molecular formula is C16H22O5. The summed E-state index contributed by atoms with van der Waals surface area (Å²) in [4.78, 5) is 12.3. The molecular weight excluding hydrogens is 272 g/mol. The molecule has 1 aliphatic rings. The molecule has 0 heterocycles. The van der Waals surface area contributed by atoms with E-state index >= 15 is 0 Å². The van der Waals surface area contributed by atoms with Crippen molar-refractivity contribution in [2.24, 2.45) is 0 Å². The number of aliphatic hydroxyl groups is 2. The van der Waals surface area contributed by atoms with Crippen molar-refractivity contribution in [1.82, 2.24) is 0 Å². The molecule has 0 aliphatic heterocycles. The zero-order valence-corrected chi connectivity index (χ0v) is 12.1. The van der Waals surface area contributed by atoms with Gasteiger partial charge in [0.1, 0.15) is 18.0 Å². The maximum absolute atomic E-state index is 12.3. The van der Waals surface area contributed by atoms with Crippen LogP contribution < -0.4 is 4.74 Å². The molecule has 0 unspecified atom stereocenters. The highest BCUT2D eigenvalue weighted by Crippen LogP contribution is 2.32. The number of hydrogen-bond acceptors (Lipinski definition) is 5. The van der Waals surface area contributed by atoms with E-state index in [9.17, 15) is 9.90 Å². The van der Waals surface area contributed by atoms with Gasteiger partial charge in [0, 0.05) is 5.56 Å². The molecule has 2 N–H and O–H groups in total. The smallest absolute Gasteiger partial charge is 0.194 e. The van der Waals surface area contributed by atoms with Crippen LogP contribution in [0.5, 0.6) is 5.75 Å². The Morgan fingerprint density at radius 1 is 1.10 bits per heavy atom. The standard InChI is InChI=1S/C16H22O5/c17-9-10-20-11-12-21-14-5-3-13(4-6-14)15(18)16(19)7-1-2-8-16/h3-6,17,19H,1-2,7-12H2. The summed E-state index contributed by atoms with van der Waals surface area (Å²) in [5, 5.41) is 18.8. The zero-order chi connectivity index (χ0) is 15.1. The first-order chi connectivity index (χ1) is 10.2. The molecule has 0 atom stereocenters. The molecule has 21 heavy (non-hydrogen) atoms. The highest BCUT2D eigenvalue weighted by atomic mass is 16.5. The summed E-state index contributed by atoms with van der Waals surface area (Å²) in [6.45, 7) is 1.09. The predicted octanol–water partition coefficient (Wildman–Crippen LogP) is 1.56. The van der Waals surface area contributed by atoms with Crippen LogP contribution >= 0.6 is 0 Å². The number of ether oxygens (including phenoxy) is 2. The van der Waals surface area contributed by atoms with Crippen LogP contribution in [-0.2, 0) is 4.74 Å². The fraction of sp³-hybridized carbons (Fsp3) is 0.562. The van der Waals surface area contributed by atoms with Gasteiger partial charge in [-0.3, -0.25) is 4.79 Å². The van der Waals surface area contributed by atoms with Crippen LogP contribution in [0.2, 0.25) is 0 Å². The summed E-state index contributed by atoms with van der Waals surface area (Å²) < 4.78 is 10.5. The molecule has 5 nitrogen and oxygen atoms in total. The quantitative estimate of drug-likeness (QED) is 0.562. The average Bonchev–Trinajstić information content (AvgIpc) is 2.95. The normalized spacial score (nSPS) is 16.9. The summed E-state index contributed by atoms with van der Waals surface area (Å²) in [7, 11) is 0. The van der Waals surface area contributed by atoms with Crippen molar-refractivity contribution in [3.05, 3.63) is 29.8 Å². The Kier molecular flexibility index (Phi) is 5.73. The Morgan fingerprint density at radius 2 is 1.76 bits per heavy atom. The van der Waals surface area contributed by atoms with E-state index < -0.39 is 5.60 Å². The minimum Gasteiger partial charge on any atom is -0.491 e. The number of benzene rings is 1. The van der Waals surface area contributed by atoms with E-state index in [-0.39, 0.29) is 12.4 Å². The minimum atomic E-state index is -1.18. The van der Waals surface area contributed by atoms with Gasteiger partial charge in [-0.2, -0.15) is 0 Å². The SMILES string of the molecule is O=C(c1ccc(OCCOCCO)cc1)C1(O)CCCC1. The Labute approximate surface area is 124 Å². The van der Waals surface area contributed by atoms with E-state index in [1.54, 1.807) is 24.3 Å². The van der Waals surface area contributed by atoms with E-state index in [4.69, 9.17) is 14.6 Å². The largest absolute Gasteiger partial charge is 0.491 e. The van der Waals surface area contributed by atoms with Crippen LogP contribution in [0.25, 0.3) is 0 Å². The number of hydrogen-bond donors (Lipinski definition) is 2. The van der Waals surface area contributed by atoms with Crippen LogP contribution in [0, 0.1) is 0 Å². The summed E-state index contributed by atoms with van der Waals surface area (Å²) in [6, 6.07) is 6.81. The second-order valence-corrected chi connectivity index (χ2v) is 5.28. The molecule has 1 aliphatic carbocycles. The number of carbonyl (C=O) groups excluding carboxylic acids is 1. The van der Waals surface area contributed by atoms with Gasteiger partial charge in [-0.25, -0.2) is 0 Å². The topological polar surface area (TPSA) is 76.0 Å². The van der Waals surface area contributed by atoms with E-state index in [1.165, 1.54) is 0 Å². The van der Waals surface area contributed by atoms with Gasteiger partial charge in [-0.15, -0.1) is 0 Å². The van der Waals surface area contributed by atoms with Crippen LogP contribution in [0.1, 0.15) is 36.0 Å². The molecule has 0 aromatic heterocycles. The highest BCUT2D eigenvalue weighted by Gasteiger charge is 2.39. The molecule has 5 heteroatoms. The Bertz CT molecular complexity index is 448. The summed E-state index contributed by atoms with van der Waals surface area (Å²) in [5.41, 5.74) is -0.663. The zero-order valence-electron chi connectivity index (χ0n) is 12.1. The number of ketones is 1. The van der Waals surface area contributed by atoms with Crippen molar-refractivity contribution in [1.29, 1.82) is 0 Å². The number of Topliss-reactive ketones (excluding diaryl/α,β-unsaturated/α-hetero) is 1. The third kappa shape index (κ3) is 4.27. The Balaban J connectivity index is 1.85. The molecule has 0 radical (unpaired) electrons. The van der Waals surface area contributed by atoms with E-state index in [1.807, 2.05) is 0 Å². The van der Waals surface area contributed by atoms with Crippen molar-refractivity contribution in [3.63, 3.8) is 0 Å². The van der Waals surface area contributed by atoms with Crippen molar-refractivity contribution in [3.8, 4) is 5.75 Å². The summed E-state index contributed by atoms with van der Waals surface area (Å²) in [6.07, 6.45) is 2.90. The molecule has 116 valence electrons. The van der Waals surface area contributed by atoms with Crippen LogP contribution in [-0.4, -0.2) is 48.0 Å². The first-order valence-electron chi connectivity index (χ1n) is 7.34. The Morgan fingerprint density at radius 3 is 2.38 bits per heavy atom. The Hall–Kier alpha value is -1.43. The van der Waals surface area contributed by atoms with Gasteiger partial charge in [-0.05, 0) is 49.9 Å². The van der Waals surface area contributed by atoms with Crippen molar-refractivity contribution < 1.29 is 24.5 Å². The maximum Gasteiger partial charge on any atom is 0.194 e. The van der Waals surface area contributed by atoms with Crippen LogP contribution in [0.4, 0.5) is 0 Å². The second kappa shape index (κ2) is 7.54. The fourth-order valence-electron chi connectivity index (χ4n) is 2.54. The lowest BCUT2D eigenvalue weighted by molar-refractivity contribution is 0.0353. The average molecular weight is 294 g/mol. The van der Waals surface area contributed by atoms with Gasteiger partial charge < -0.3 is 19.7 Å². The molecule has 1 saturated carbocycles. The first kappa shape index (κ1) is 15.9. The molecule has 2 rings (SSSR count). The first-order valence-corrected chi connectivity index (χ1v) is 7.34. The van der Waals surface area contributed by atoms with Gasteiger partial charge >= 0.3 is 0 Å². The summed E-state index contributed by atoms with van der Waals surface area (Å²) in [5.74, 6) is 0.454. The molecule has 0 saturated heterocycles. The van der Waals surface area contributed by atoms with Crippen molar-refractivity contribution >= 4 is 5.78 Å². The summed E-state index contributed by atoms with van der Waals surface area (Å²) >= 11 is 0. The molecule has 1 aromatic rings. The van der Waals surface area contributed by atoms with Crippen LogP contribution in [0.3, 0.4) is 0 Å². The van der Waals surface area contributed by atoms with Gasteiger partial charge in [0.25, 0.3) is 0 Å². The molecule has 0 bridgehead atoms. The van der Waals surface area contributed by atoms with E-state index in [2.05, 4.69) is 0 Å². The number of aliphatic hydroxyl groups excluding tert-OH is 1. The monoisotopic (exact) mass is 294 g/mol. The van der Waals surface area contributed by atoms with Gasteiger partial charge in [-0.1, -0.05) is 0 Å². The lowest BCUT2D eigenvalue weighted by atomic mass is 9.91. The van der Waals surface area contributed by atoms with Gasteiger partial charge in [0.15, 0.2) is 5.78 Å². The van der Waals surface area contributed by atoms with Crippen molar-refractivity contribution in [2.45, 2.75) is 31.3 Å². The molecule has 1 aromatic carbocycles.